The van der Waals surface area contributed by atoms with E-state index in [0.29, 0.717) is 16.8 Å². The molecular formula is C21H15ClF3N5O4S. The number of alkyl halides is 3. The van der Waals surface area contributed by atoms with Crippen molar-refractivity contribution in [2.24, 2.45) is 14.1 Å². The van der Waals surface area contributed by atoms with E-state index >= 15 is 0 Å². The van der Waals surface area contributed by atoms with Crippen LogP contribution in [0.2, 0.25) is 5.02 Å². The van der Waals surface area contributed by atoms with E-state index in [1.54, 1.807) is 0 Å². The number of fused-ring (bicyclic) bond motifs is 1. The lowest BCUT2D eigenvalue weighted by Gasteiger charge is -2.11. The summed E-state index contributed by atoms with van der Waals surface area (Å²) in [5.74, 6) is -1.10. The molecule has 0 spiro atoms. The second-order valence-electron chi connectivity index (χ2n) is 7.31. The van der Waals surface area contributed by atoms with Crippen LogP contribution in [0.5, 0.6) is 5.75 Å². The molecule has 1 N–H and O–H groups in total. The molecule has 4 aromatic rings. The first-order valence-corrected chi connectivity index (χ1v) is 11.0. The first kappa shape index (κ1) is 24.4. The molecule has 0 aliphatic heterocycles. The number of halogens is 4. The lowest BCUT2D eigenvalue weighted by atomic mass is 10.1. The van der Waals surface area contributed by atoms with Crippen molar-refractivity contribution >= 4 is 44.9 Å². The number of hydrogen-bond donors (Lipinski definition) is 1. The number of aryl methyl sites for hydroxylation is 1. The summed E-state index contributed by atoms with van der Waals surface area (Å²) < 4.78 is 43.9. The van der Waals surface area contributed by atoms with Gasteiger partial charge in [-0.3, -0.25) is 23.7 Å². The highest BCUT2D eigenvalue weighted by Gasteiger charge is 2.32. The van der Waals surface area contributed by atoms with Gasteiger partial charge in [0.15, 0.2) is 5.13 Å². The lowest BCUT2D eigenvalue weighted by molar-refractivity contribution is -0.274. The number of nitrogens with one attached hydrogen (secondary N) is 1. The highest BCUT2D eigenvalue weighted by molar-refractivity contribution is 7.14. The van der Waals surface area contributed by atoms with Crippen molar-refractivity contribution < 1.29 is 22.7 Å². The SMILES string of the molecule is Cn1c(=O)c2c(CC(=O)Nc3nc(-c4ccc(Cl)c(OC(F)(F)F)c4)cs3)nccc2n(C)c1=O. The Kier molecular flexibility index (Phi) is 6.38. The topological polar surface area (TPSA) is 108 Å². The Morgan fingerprint density at radius 3 is 2.66 bits per heavy atom. The molecule has 1 aromatic carbocycles. The van der Waals surface area contributed by atoms with Crippen molar-refractivity contribution in [1.29, 1.82) is 0 Å². The first-order chi connectivity index (χ1) is 16.4. The van der Waals surface area contributed by atoms with Crippen LogP contribution < -0.4 is 21.3 Å². The third kappa shape index (κ3) is 5.05. The van der Waals surface area contributed by atoms with Gasteiger partial charge in [-0.2, -0.15) is 0 Å². The van der Waals surface area contributed by atoms with Crippen molar-refractivity contribution in [3.8, 4) is 17.0 Å². The molecule has 0 unspecified atom stereocenters. The molecule has 182 valence electrons. The second kappa shape index (κ2) is 9.15. The van der Waals surface area contributed by atoms with Crippen LogP contribution >= 0.6 is 22.9 Å². The van der Waals surface area contributed by atoms with Gasteiger partial charge in [-0.1, -0.05) is 17.7 Å². The highest BCUT2D eigenvalue weighted by atomic mass is 35.5. The molecule has 0 radical (unpaired) electrons. The zero-order chi connectivity index (χ0) is 25.5. The molecule has 0 aliphatic carbocycles. The molecule has 3 heterocycles. The highest BCUT2D eigenvalue weighted by Crippen LogP contribution is 2.35. The number of amides is 1. The average molecular weight is 526 g/mol. The standard InChI is InChI=1S/C21H15ClF3N5O4S/c1-29-14-5-6-26-12(17(14)18(32)30(2)20(29)33)8-16(31)28-19-27-13(9-35-19)10-3-4-11(22)15(7-10)34-21(23,24)25/h3-7,9H,8H2,1-2H3,(H,27,28,31). The van der Waals surface area contributed by atoms with Gasteiger partial charge < -0.3 is 10.1 Å². The minimum atomic E-state index is -4.91. The maximum Gasteiger partial charge on any atom is 0.573 e. The molecule has 1 amide bonds. The number of thiazole rings is 1. The Hall–Kier alpha value is -3.71. The van der Waals surface area contributed by atoms with Gasteiger partial charge in [0.25, 0.3) is 5.56 Å². The van der Waals surface area contributed by atoms with Crippen molar-refractivity contribution in [2.45, 2.75) is 12.8 Å². The average Bonchev–Trinajstić information content (AvgIpc) is 3.25. The van der Waals surface area contributed by atoms with E-state index in [2.05, 4.69) is 20.0 Å². The fourth-order valence-electron chi connectivity index (χ4n) is 3.37. The van der Waals surface area contributed by atoms with E-state index < -0.39 is 29.3 Å². The number of nitrogens with zero attached hydrogens (tertiary/aromatic N) is 4. The van der Waals surface area contributed by atoms with Gasteiger partial charge >= 0.3 is 12.1 Å². The van der Waals surface area contributed by atoms with Crippen LogP contribution in [0.4, 0.5) is 18.3 Å². The number of benzene rings is 1. The van der Waals surface area contributed by atoms with Crippen molar-refractivity contribution in [1.82, 2.24) is 19.1 Å². The maximum atomic E-state index is 12.7. The summed E-state index contributed by atoms with van der Waals surface area (Å²) in [7, 11) is 2.84. The molecule has 4 rings (SSSR count). The molecule has 0 atom stereocenters. The monoisotopic (exact) mass is 525 g/mol. The fraction of sp³-hybridized carbons (Fsp3) is 0.190. The zero-order valence-corrected chi connectivity index (χ0v) is 19.6. The molecule has 0 saturated carbocycles. The number of anilines is 1. The number of hydrogen-bond acceptors (Lipinski definition) is 7. The van der Waals surface area contributed by atoms with E-state index in [4.69, 9.17) is 11.6 Å². The number of ether oxygens (including phenoxy) is 1. The van der Waals surface area contributed by atoms with Crippen LogP contribution in [0.1, 0.15) is 5.69 Å². The summed E-state index contributed by atoms with van der Waals surface area (Å²) in [6.07, 6.45) is -3.79. The van der Waals surface area contributed by atoms with Gasteiger partial charge in [0.2, 0.25) is 5.91 Å². The molecule has 14 heteroatoms. The molecule has 0 saturated heterocycles. The number of carbonyl (C=O) groups excluding carboxylic acids is 1. The molecule has 0 bridgehead atoms. The maximum absolute atomic E-state index is 12.7. The Morgan fingerprint density at radius 2 is 1.94 bits per heavy atom. The third-order valence-electron chi connectivity index (χ3n) is 4.99. The summed E-state index contributed by atoms with van der Waals surface area (Å²) in [6.45, 7) is 0. The molecule has 35 heavy (non-hydrogen) atoms. The zero-order valence-electron chi connectivity index (χ0n) is 18.0. The Balaban J connectivity index is 1.56. The first-order valence-electron chi connectivity index (χ1n) is 9.79. The number of aromatic nitrogens is 4. The third-order valence-corrected chi connectivity index (χ3v) is 6.06. The van der Waals surface area contributed by atoms with Gasteiger partial charge in [-0.05, 0) is 18.2 Å². The molecule has 9 nitrogen and oxygen atoms in total. The number of pyridine rings is 1. The second-order valence-corrected chi connectivity index (χ2v) is 8.58. The van der Waals surface area contributed by atoms with Crippen LogP contribution in [0.15, 0.2) is 45.4 Å². The number of rotatable bonds is 5. The number of carbonyl (C=O) groups is 1. The Bertz CT molecular complexity index is 1580. The molecular weight excluding hydrogens is 511 g/mol. The van der Waals surface area contributed by atoms with E-state index in [9.17, 15) is 27.6 Å². The fourth-order valence-corrected chi connectivity index (χ4v) is 4.26. The van der Waals surface area contributed by atoms with Crippen LogP contribution in [0, 0.1) is 0 Å². The quantitative estimate of drug-likeness (QED) is 0.427. The summed E-state index contributed by atoms with van der Waals surface area (Å²) >= 11 is 6.82. The van der Waals surface area contributed by atoms with Crippen LogP contribution in [-0.2, 0) is 25.3 Å². The van der Waals surface area contributed by atoms with Crippen LogP contribution in [0.3, 0.4) is 0 Å². The van der Waals surface area contributed by atoms with Crippen molar-refractivity contribution in [3.05, 3.63) is 67.4 Å². The Labute approximate surface area is 203 Å². The van der Waals surface area contributed by atoms with E-state index in [1.807, 2.05) is 0 Å². The van der Waals surface area contributed by atoms with Gasteiger partial charge in [0, 0.05) is 31.2 Å². The van der Waals surface area contributed by atoms with Gasteiger partial charge in [0.1, 0.15) is 5.75 Å². The van der Waals surface area contributed by atoms with Crippen LogP contribution in [-0.4, -0.2) is 31.4 Å². The summed E-state index contributed by atoms with van der Waals surface area (Å²) in [5, 5.41) is 4.23. The minimum Gasteiger partial charge on any atom is -0.404 e. The predicted octanol–water partition coefficient (Wildman–Crippen LogP) is 3.49. The molecule has 0 fully saturated rings. The summed E-state index contributed by atoms with van der Waals surface area (Å²) in [5.41, 5.74) is 0.0268. The van der Waals surface area contributed by atoms with E-state index in [0.717, 1.165) is 22.0 Å². The van der Waals surface area contributed by atoms with E-state index in [1.165, 1.54) is 48.4 Å². The minimum absolute atomic E-state index is 0.144. The van der Waals surface area contributed by atoms with Crippen molar-refractivity contribution in [2.75, 3.05) is 5.32 Å². The van der Waals surface area contributed by atoms with Crippen LogP contribution in [0.25, 0.3) is 22.2 Å². The van der Waals surface area contributed by atoms with E-state index in [-0.39, 0.29) is 27.7 Å². The molecule has 0 aliphatic rings. The van der Waals surface area contributed by atoms with Crippen molar-refractivity contribution in [3.63, 3.8) is 0 Å². The van der Waals surface area contributed by atoms with Gasteiger partial charge in [0.05, 0.1) is 33.7 Å². The van der Waals surface area contributed by atoms with Gasteiger partial charge in [-0.15, -0.1) is 24.5 Å². The largest absolute Gasteiger partial charge is 0.573 e. The Morgan fingerprint density at radius 1 is 1.20 bits per heavy atom. The summed E-state index contributed by atoms with van der Waals surface area (Å²) in [4.78, 5) is 45.8. The summed E-state index contributed by atoms with van der Waals surface area (Å²) in [6, 6.07) is 5.31. The smallest absolute Gasteiger partial charge is 0.404 e. The van der Waals surface area contributed by atoms with Gasteiger partial charge in [-0.25, -0.2) is 9.78 Å². The predicted molar refractivity (Wildman–Crippen MR) is 124 cm³/mol. The lowest BCUT2D eigenvalue weighted by Crippen LogP contribution is -2.37. The normalized spacial score (nSPS) is 11.6. The molecule has 3 aromatic heterocycles.